The number of anilines is 1. The van der Waals surface area contributed by atoms with Crippen LogP contribution in [0.4, 0.5) is 19.0 Å². The molecule has 1 aliphatic heterocycles. The molecule has 1 aromatic rings. The van der Waals surface area contributed by atoms with E-state index in [0.717, 1.165) is 5.56 Å². The van der Waals surface area contributed by atoms with Crippen molar-refractivity contribution in [1.82, 2.24) is 4.98 Å². The fourth-order valence-corrected chi connectivity index (χ4v) is 2.18. The van der Waals surface area contributed by atoms with E-state index >= 15 is 0 Å². The Hall–Kier alpha value is -1.30. The van der Waals surface area contributed by atoms with Gasteiger partial charge in [0.15, 0.2) is 0 Å². The van der Waals surface area contributed by atoms with Crippen molar-refractivity contribution < 1.29 is 13.2 Å². The van der Waals surface area contributed by atoms with E-state index in [9.17, 15) is 13.2 Å². The van der Waals surface area contributed by atoms with Crippen molar-refractivity contribution in [3.05, 3.63) is 23.9 Å². The van der Waals surface area contributed by atoms with Gasteiger partial charge in [0.1, 0.15) is 5.82 Å². The molecule has 2 N–H and O–H groups in total. The molecule has 18 heavy (non-hydrogen) atoms. The maximum Gasteiger partial charge on any atom is 0.393 e. The summed E-state index contributed by atoms with van der Waals surface area (Å²) in [5.41, 5.74) is 6.33. The highest BCUT2D eigenvalue weighted by molar-refractivity contribution is 5.39. The molecule has 1 aliphatic rings. The summed E-state index contributed by atoms with van der Waals surface area (Å²) in [6.07, 6.45) is -1.74. The lowest BCUT2D eigenvalue weighted by atomic mass is 9.97. The first-order chi connectivity index (χ1) is 8.50. The predicted molar refractivity (Wildman–Crippen MR) is 63.1 cm³/mol. The molecule has 0 amide bonds. The zero-order valence-corrected chi connectivity index (χ0v) is 9.95. The van der Waals surface area contributed by atoms with Gasteiger partial charge in [0.25, 0.3) is 0 Å². The highest BCUT2D eigenvalue weighted by atomic mass is 19.4. The number of aromatic nitrogens is 1. The Balaban J connectivity index is 2.08. The number of hydrogen-bond acceptors (Lipinski definition) is 3. The fourth-order valence-electron chi connectivity index (χ4n) is 2.18. The zero-order chi connectivity index (χ0) is 13.2. The summed E-state index contributed by atoms with van der Waals surface area (Å²) in [6.45, 7) is 1.01. The number of halogens is 3. The molecule has 0 spiro atoms. The van der Waals surface area contributed by atoms with Crippen LogP contribution in [0, 0.1) is 5.92 Å². The molecule has 1 atom stereocenters. The summed E-state index contributed by atoms with van der Waals surface area (Å²) in [5, 5.41) is 0. The van der Waals surface area contributed by atoms with Crippen molar-refractivity contribution in [2.75, 3.05) is 18.0 Å². The van der Waals surface area contributed by atoms with Crippen molar-refractivity contribution in [2.45, 2.75) is 25.6 Å². The molecule has 3 nitrogen and oxygen atoms in total. The number of rotatable bonds is 2. The second-order valence-corrected chi connectivity index (χ2v) is 4.56. The average molecular weight is 259 g/mol. The third kappa shape index (κ3) is 2.93. The van der Waals surface area contributed by atoms with E-state index in [2.05, 4.69) is 4.98 Å². The van der Waals surface area contributed by atoms with Crippen LogP contribution < -0.4 is 10.6 Å². The lowest BCUT2D eigenvalue weighted by molar-refractivity contribution is -0.176. The molecule has 100 valence electrons. The molecular weight excluding hydrogens is 243 g/mol. The fraction of sp³-hybridized carbons (Fsp3) is 0.583. The van der Waals surface area contributed by atoms with E-state index in [-0.39, 0.29) is 13.0 Å². The van der Waals surface area contributed by atoms with Gasteiger partial charge in [-0.1, -0.05) is 6.07 Å². The van der Waals surface area contributed by atoms with Gasteiger partial charge in [-0.25, -0.2) is 4.98 Å². The van der Waals surface area contributed by atoms with Gasteiger partial charge in [0.2, 0.25) is 0 Å². The van der Waals surface area contributed by atoms with Crippen molar-refractivity contribution >= 4 is 5.82 Å². The average Bonchev–Trinajstić information content (AvgIpc) is 2.38. The zero-order valence-electron chi connectivity index (χ0n) is 9.95. The molecule has 6 heteroatoms. The standard InChI is InChI=1S/C12H16F3N3/c13-12(14,15)10-2-1-5-18(8-10)11-4-3-9(6-16)7-17-11/h3-4,7,10H,1-2,5-6,8,16H2. The molecule has 0 aromatic carbocycles. The van der Waals surface area contributed by atoms with Crippen LogP contribution in [0.2, 0.25) is 0 Å². The van der Waals surface area contributed by atoms with E-state index in [0.29, 0.717) is 25.3 Å². The Morgan fingerprint density at radius 1 is 1.39 bits per heavy atom. The number of piperidine rings is 1. The second kappa shape index (κ2) is 5.14. The van der Waals surface area contributed by atoms with Gasteiger partial charge in [-0.15, -0.1) is 0 Å². The number of nitrogens with two attached hydrogens (primary N) is 1. The summed E-state index contributed by atoms with van der Waals surface area (Å²) >= 11 is 0. The SMILES string of the molecule is NCc1ccc(N2CCCC(C(F)(F)F)C2)nc1. The van der Waals surface area contributed by atoms with Gasteiger partial charge in [-0.05, 0) is 24.5 Å². The smallest absolute Gasteiger partial charge is 0.356 e. The molecule has 2 rings (SSSR count). The number of nitrogens with zero attached hydrogens (tertiary/aromatic N) is 2. The second-order valence-electron chi connectivity index (χ2n) is 4.56. The minimum absolute atomic E-state index is 0.00152. The number of hydrogen-bond donors (Lipinski definition) is 1. The van der Waals surface area contributed by atoms with Crippen LogP contribution in [-0.2, 0) is 6.54 Å². The van der Waals surface area contributed by atoms with Crippen LogP contribution >= 0.6 is 0 Å². The van der Waals surface area contributed by atoms with E-state index in [4.69, 9.17) is 5.73 Å². The molecular formula is C12H16F3N3. The summed E-state index contributed by atoms with van der Waals surface area (Å²) in [6, 6.07) is 3.54. The van der Waals surface area contributed by atoms with Gasteiger partial charge in [0.05, 0.1) is 5.92 Å². The maximum absolute atomic E-state index is 12.7. The topological polar surface area (TPSA) is 42.1 Å². The highest BCUT2D eigenvalue weighted by Gasteiger charge is 2.41. The molecule has 0 aliphatic carbocycles. The largest absolute Gasteiger partial charge is 0.393 e. The molecule has 0 radical (unpaired) electrons. The first-order valence-electron chi connectivity index (χ1n) is 5.97. The van der Waals surface area contributed by atoms with Crippen molar-refractivity contribution in [1.29, 1.82) is 0 Å². The van der Waals surface area contributed by atoms with Crippen molar-refractivity contribution in [3.63, 3.8) is 0 Å². The van der Waals surface area contributed by atoms with Crippen LogP contribution in [0.1, 0.15) is 18.4 Å². The maximum atomic E-state index is 12.7. The van der Waals surface area contributed by atoms with Gasteiger partial charge in [-0.3, -0.25) is 0 Å². The first kappa shape index (κ1) is 13.1. The van der Waals surface area contributed by atoms with Crippen LogP contribution in [-0.4, -0.2) is 24.2 Å². The highest BCUT2D eigenvalue weighted by Crippen LogP contribution is 2.34. The van der Waals surface area contributed by atoms with Crippen molar-refractivity contribution in [3.8, 4) is 0 Å². The monoisotopic (exact) mass is 259 g/mol. The van der Waals surface area contributed by atoms with Crippen LogP contribution in [0.5, 0.6) is 0 Å². The minimum atomic E-state index is -4.12. The Kier molecular flexibility index (Phi) is 3.75. The molecule has 1 saturated heterocycles. The first-order valence-corrected chi connectivity index (χ1v) is 5.97. The van der Waals surface area contributed by atoms with Gasteiger partial charge in [-0.2, -0.15) is 13.2 Å². The third-order valence-electron chi connectivity index (χ3n) is 3.25. The molecule has 1 aromatic heterocycles. The van der Waals surface area contributed by atoms with E-state index in [1.165, 1.54) is 0 Å². The van der Waals surface area contributed by atoms with E-state index in [1.54, 1.807) is 23.2 Å². The third-order valence-corrected chi connectivity index (χ3v) is 3.25. The summed E-state index contributed by atoms with van der Waals surface area (Å²) in [5.74, 6) is -0.650. The lowest BCUT2D eigenvalue weighted by Crippen LogP contribution is -2.42. The van der Waals surface area contributed by atoms with Crippen molar-refractivity contribution in [2.24, 2.45) is 11.7 Å². The number of pyridine rings is 1. The Morgan fingerprint density at radius 3 is 2.72 bits per heavy atom. The van der Waals surface area contributed by atoms with Crippen LogP contribution in [0.25, 0.3) is 0 Å². The summed E-state index contributed by atoms with van der Waals surface area (Å²) < 4.78 is 38.1. The molecule has 1 fully saturated rings. The lowest BCUT2D eigenvalue weighted by Gasteiger charge is -2.34. The quantitative estimate of drug-likeness (QED) is 0.886. The molecule has 1 unspecified atom stereocenters. The van der Waals surface area contributed by atoms with Gasteiger partial charge in [0, 0.05) is 25.8 Å². The minimum Gasteiger partial charge on any atom is -0.356 e. The Labute approximate surface area is 104 Å². The Morgan fingerprint density at radius 2 is 2.17 bits per heavy atom. The predicted octanol–water partition coefficient (Wildman–Crippen LogP) is 2.32. The summed E-state index contributed by atoms with van der Waals surface area (Å²) in [7, 11) is 0. The van der Waals surface area contributed by atoms with E-state index in [1.807, 2.05) is 0 Å². The van der Waals surface area contributed by atoms with Gasteiger partial charge >= 0.3 is 6.18 Å². The van der Waals surface area contributed by atoms with Gasteiger partial charge < -0.3 is 10.6 Å². The normalized spacial score (nSPS) is 21.1. The number of alkyl halides is 3. The van der Waals surface area contributed by atoms with Crippen LogP contribution in [0.15, 0.2) is 18.3 Å². The molecule has 0 bridgehead atoms. The Bertz CT molecular complexity index is 389. The molecule has 0 saturated carbocycles. The van der Waals surface area contributed by atoms with Crippen LogP contribution in [0.3, 0.4) is 0 Å². The summed E-state index contributed by atoms with van der Waals surface area (Å²) in [4.78, 5) is 5.86. The van der Waals surface area contributed by atoms with E-state index < -0.39 is 12.1 Å². The molecule has 2 heterocycles.